The molecule has 1 aliphatic rings. The Hall–Kier alpha value is -6.66. The van der Waals surface area contributed by atoms with Gasteiger partial charge in [0.1, 0.15) is 32.5 Å². The molecule has 342 valence electrons. The van der Waals surface area contributed by atoms with Crippen molar-refractivity contribution in [1.82, 2.24) is 9.38 Å². The van der Waals surface area contributed by atoms with Crippen molar-refractivity contribution in [2.24, 2.45) is 36.4 Å². The molecule has 2 heterocycles. The van der Waals surface area contributed by atoms with Crippen LogP contribution in [-0.2, 0) is 40.5 Å². The number of hydrogen-bond acceptors (Lipinski definition) is 18. The second kappa shape index (κ2) is 17.7. The number of aryl methyl sites for hydroxylation is 1. The molecule has 0 radical (unpaired) electrons. The van der Waals surface area contributed by atoms with Crippen LogP contribution in [0, 0.1) is 13.8 Å². The smallest absolute Gasteiger partial charge is 0.296 e. The predicted molar refractivity (Wildman–Crippen MR) is 231 cm³/mol. The van der Waals surface area contributed by atoms with Crippen molar-refractivity contribution >= 4 is 98.3 Å². The van der Waals surface area contributed by atoms with Gasteiger partial charge in [-0.15, -0.1) is 15.3 Å². The number of ether oxygens (including phenoxy) is 1. The molecule has 65 heavy (non-hydrogen) atoms. The van der Waals surface area contributed by atoms with Gasteiger partial charge in [0.25, 0.3) is 46.4 Å². The van der Waals surface area contributed by atoms with E-state index in [9.17, 15) is 57.2 Å². The summed E-state index contributed by atoms with van der Waals surface area (Å²) in [7, 11) is -18.5. The molecular formula is C37H35N9O15S4. The van der Waals surface area contributed by atoms with Gasteiger partial charge in [-0.25, -0.2) is 4.98 Å². The highest BCUT2D eigenvalue weighted by molar-refractivity contribution is 7.87. The van der Waals surface area contributed by atoms with Gasteiger partial charge in [0, 0.05) is 6.07 Å². The number of benzene rings is 3. The van der Waals surface area contributed by atoms with Crippen molar-refractivity contribution in [2.45, 2.75) is 41.7 Å². The average Bonchev–Trinajstić information content (AvgIpc) is 3.47. The lowest BCUT2D eigenvalue weighted by Crippen LogP contribution is -2.29. The number of nitrogens with two attached hydrogens (primary N) is 1. The number of carbonyl (C=O) groups excluding carboxylic acids is 1. The molecule has 0 bridgehead atoms. The predicted octanol–water partition coefficient (Wildman–Crippen LogP) is 6.84. The summed E-state index contributed by atoms with van der Waals surface area (Å²) in [5.41, 5.74) is 5.29. The first-order valence-corrected chi connectivity index (χ1v) is 24.2. The molecule has 3 aromatic carbocycles. The first-order chi connectivity index (χ1) is 30.2. The molecule has 2 aromatic heterocycles. The Morgan fingerprint density at radius 1 is 0.769 bits per heavy atom. The highest BCUT2D eigenvalue weighted by Gasteiger charge is 2.35. The molecule has 7 N–H and O–H groups in total. The molecule has 1 amide bonds. The third-order valence-corrected chi connectivity index (χ3v) is 13.4. The second-order valence-electron chi connectivity index (χ2n) is 14.2. The van der Waals surface area contributed by atoms with Gasteiger partial charge in [0.05, 0.1) is 51.3 Å². The summed E-state index contributed by atoms with van der Waals surface area (Å²) in [6.07, 6.45) is 4.63. The van der Waals surface area contributed by atoms with E-state index in [0.717, 1.165) is 40.8 Å². The Labute approximate surface area is 369 Å². The highest BCUT2D eigenvalue weighted by Crippen LogP contribution is 2.42. The first-order valence-electron chi connectivity index (χ1n) is 18.3. The molecule has 0 fully saturated rings. The van der Waals surface area contributed by atoms with E-state index in [1.165, 1.54) is 63.3 Å². The van der Waals surface area contributed by atoms with Gasteiger partial charge in [-0.2, -0.15) is 49.0 Å². The monoisotopic (exact) mass is 973 g/mol. The standard InChI is InChI=1S/C37H35N9O15S4/c1-20-17-28(44-45-33-21(2)32(34(38)47)35-39-25-11-13-37(3,65(58,59)60)14-12-29(25)46(35)36(33)48)30(61-15-4-16-62(49,50)51)19-27(20)43-42-26-10-7-23(18-31(26)64(55,56)57)41-40-22-5-8-24(9-6-22)63(52,53)54/h5-14,17-19,48H,4,15-16H2,1-3H3,(H2,38,47)(H,49,50,51)(H,52,53,54)(H,55,56,57)(H,58,59,60). The fraction of sp³-hybridized carbons (Fsp3) is 0.189. The fourth-order valence-corrected chi connectivity index (χ4v) is 8.14. The molecular weight excluding hydrogens is 939 g/mol. The van der Waals surface area contributed by atoms with Crippen LogP contribution < -0.4 is 10.5 Å². The molecule has 1 atom stereocenters. The van der Waals surface area contributed by atoms with E-state index in [-0.39, 0.29) is 81.1 Å². The van der Waals surface area contributed by atoms with Gasteiger partial charge >= 0.3 is 0 Å². The maximum Gasteiger partial charge on any atom is 0.296 e. The number of azo groups is 3. The highest BCUT2D eigenvalue weighted by atomic mass is 32.2. The normalized spacial score (nSPS) is 15.9. The van der Waals surface area contributed by atoms with Crippen LogP contribution in [0.15, 0.2) is 107 Å². The maximum absolute atomic E-state index is 12.8. The summed E-state index contributed by atoms with van der Waals surface area (Å²) in [5.74, 6) is -2.40. The van der Waals surface area contributed by atoms with E-state index in [4.69, 9.17) is 15.0 Å². The van der Waals surface area contributed by atoms with E-state index in [1.807, 2.05) is 0 Å². The van der Waals surface area contributed by atoms with Crippen LogP contribution in [0.25, 0.3) is 17.8 Å². The van der Waals surface area contributed by atoms with Crippen LogP contribution in [0.3, 0.4) is 0 Å². The molecule has 0 spiro atoms. The van der Waals surface area contributed by atoms with Crippen molar-refractivity contribution in [3.05, 3.63) is 94.8 Å². The Bertz CT molecular complexity index is 3400. The molecule has 0 saturated carbocycles. The van der Waals surface area contributed by atoms with Gasteiger partial charge in [0.15, 0.2) is 5.65 Å². The van der Waals surface area contributed by atoms with E-state index >= 15 is 0 Å². The molecule has 1 aliphatic carbocycles. The average molecular weight is 974 g/mol. The van der Waals surface area contributed by atoms with Crippen LogP contribution in [0.2, 0.25) is 0 Å². The number of fused-ring (bicyclic) bond motifs is 3. The summed E-state index contributed by atoms with van der Waals surface area (Å²) in [5, 5.41) is 35.9. The number of amides is 1. The number of primary amides is 1. The summed E-state index contributed by atoms with van der Waals surface area (Å²) < 4.78 is 138. The topological polar surface area (TPSA) is 381 Å². The Morgan fingerprint density at radius 2 is 1.38 bits per heavy atom. The Kier molecular flexibility index (Phi) is 13.0. The molecule has 5 aromatic rings. The van der Waals surface area contributed by atoms with E-state index in [0.29, 0.717) is 5.56 Å². The van der Waals surface area contributed by atoms with Gasteiger partial charge in [-0.3, -0.25) is 27.4 Å². The number of nitrogens with zero attached hydrogens (tertiary/aromatic N) is 8. The molecule has 28 heteroatoms. The van der Waals surface area contributed by atoms with Crippen molar-refractivity contribution in [1.29, 1.82) is 0 Å². The lowest BCUT2D eigenvalue weighted by atomic mass is 10.1. The van der Waals surface area contributed by atoms with Crippen LogP contribution in [0.1, 0.15) is 46.2 Å². The number of imidazole rings is 1. The quantitative estimate of drug-likeness (QED) is 0.0355. The zero-order valence-corrected chi connectivity index (χ0v) is 37.0. The third-order valence-electron chi connectivity index (χ3n) is 9.51. The second-order valence-corrected chi connectivity index (χ2v) is 20.4. The zero-order chi connectivity index (χ0) is 47.9. The largest absolute Gasteiger partial charge is 0.493 e. The van der Waals surface area contributed by atoms with E-state index in [2.05, 4.69) is 35.7 Å². The van der Waals surface area contributed by atoms with Crippen LogP contribution in [-0.4, -0.2) is 89.4 Å². The van der Waals surface area contributed by atoms with Crippen molar-refractivity contribution in [3.63, 3.8) is 0 Å². The lowest BCUT2D eigenvalue weighted by Gasteiger charge is -2.16. The molecule has 0 saturated heterocycles. The van der Waals surface area contributed by atoms with E-state index in [1.54, 1.807) is 0 Å². The van der Waals surface area contributed by atoms with Crippen LogP contribution >= 0.6 is 0 Å². The lowest BCUT2D eigenvalue weighted by molar-refractivity contribution is 0.100. The third kappa shape index (κ3) is 10.7. The van der Waals surface area contributed by atoms with Crippen molar-refractivity contribution in [2.75, 3.05) is 12.4 Å². The maximum atomic E-state index is 12.8. The van der Waals surface area contributed by atoms with Gasteiger partial charge in [-0.05, 0) is 99.0 Å². The minimum absolute atomic E-state index is 0.0244. The number of carbonyl (C=O) groups is 1. The minimum Gasteiger partial charge on any atom is -0.493 e. The SMILES string of the molecule is Cc1cc(N=Nc2c(C)c(C(N)=O)c3nc4c(n3c2O)C=CC(C)(S(=O)(=O)O)C=C4)c(OCCCS(=O)(=O)O)cc1N=Nc1ccc(N=Nc2ccc(S(=O)(=O)O)cc2)cc1S(=O)(=O)O. The summed E-state index contributed by atoms with van der Waals surface area (Å²) in [6.45, 7) is 3.84. The van der Waals surface area contributed by atoms with E-state index < -0.39 is 72.6 Å². The summed E-state index contributed by atoms with van der Waals surface area (Å²) in [4.78, 5) is 16.1. The molecule has 6 rings (SSSR count). The fourth-order valence-electron chi connectivity index (χ4n) is 6.06. The van der Waals surface area contributed by atoms with Crippen molar-refractivity contribution < 1.29 is 66.5 Å². The number of rotatable bonds is 15. The van der Waals surface area contributed by atoms with Gasteiger partial charge in [-0.1, -0.05) is 12.2 Å². The van der Waals surface area contributed by atoms with Gasteiger partial charge in [0.2, 0.25) is 5.88 Å². The zero-order valence-electron chi connectivity index (χ0n) is 33.7. The number of aromatic hydroxyl groups is 1. The molecule has 1 unspecified atom stereocenters. The summed E-state index contributed by atoms with van der Waals surface area (Å²) >= 11 is 0. The van der Waals surface area contributed by atoms with Crippen LogP contribution in [0.5, 0.6) is 11.6 Å². The van der Waals surface area contributed by atoms with Gasteiger partial charge < -0.3 is 15.6 Å². The molecule has 24 nitrogen and oxygen atoms in total. The Morgan fingerprint density at radius 3 is 2.00 bits per heavy atom. The number of pyridine rings is 1. The molecule has 0 aliphatic heterocycles. The number of aromatic nitrogens is 2. The Balaban J connectivity index is 1.39. The summed E-state index contributed by atoms with van der Waals surface area (Å²) in [6, 6.07) is 10.6. The van der Waals surface area contributed by atoms with Crippen LogP contribution in [0.4, 0.5) is 34.1 Å². The van der Waals surface area contributed by atoms with Crippen molar-refractivity contribution in [3.8, 4) is 11.6 Å². The number of hydrogen-bond donors (Lipinski definition) is 6. The minimum atomic E-state index is -4.96. The first kappa shape index (κ1) is 47.8.